The molecule has 2 heterocycles. The smallest absolute Gasteiger partial charge is 0.202 e. The molecular weight excluding hydrogens is 388 g/mol. The van der Waals surface area contributed by atoms with Gasteiger partial charge in [0.05, 0.1) is 29.2 Å². The number of benzene rings is 1. The molecule has 0 aliphatic carbocycles. The summed E-state index contributed by atoms with van der Waals surface area (Å²) in [5.74, 6) is 0.453. The number of aryl methyl sites for hydroxylation is 1. The Morgan fingerprint density at radius 3 is 2.78 bits per heavy atom. The zero-order valence-corrected chi connectivity index (χ0v) is 16.3. The molecule has 4 N–H and O–H groups in total. The number of hydrogen-bond donors (Lipinski definition) is 3. The molecule has 1 aromatic heterocycles. The molecule has 0 saturated heterocycles. The molecule has 1 aliphatic heterocycles. The van der Waals surface area contributed by atoms with E-state index in [1.807, 2.05) is 30.3 Å². The summed E-state index contributed by atoms with van der Waals surface area (Å²) in [5.41, 5.74) is 7.02. The molecule has 0 spiro atoms. The van der Waals surface area contributed by atoms with Crippen LogP contribution in [0.3, 0.4) is 0 Å². The van der Waals surface area contributed by atoms with Crippen molar-refractivity contribution in [1.82, 2.24) is 15.1 Å². The second-order valence-corrected chi connectivity index (χ2v) is 9.10. The fraction of sp³-hybridized carbons (Fsp3) is 0.294. The van der Waals surface area contributed by atoms with Gasteiger partial charge in [-0.05, 0) is 5.56 Å². The van der Waals surface area contributed by atoms with Gasteiger partial charge in [-0.15, -0.1) is 0 Å². The van der Waals surface area contributed by atoms with Crippen LogP contribution in [-0.2, 0) is 22.8 Å². The molecule has 8 nitrogen and oxygen atoms in total. The Balaban J connectivity index is 1.71. The van der Waals surface area contributed by atoms with E-state index < -0.39 is 15.5 Å². The largest absolute Gasteiger partial charge is 0.331 e. The van der Waals surface area contributed by atoms with Crippen molar-refractivity contribution in [1.29, 1.82) is 0 Å². The molecule has 0 radical (unpaired) electrons. The van der Waals surface area contributed by atoms with Gasteiger partial charge in [0.25, 0.3) is 0 Å². The number of aromatic nitrogens is 2. The number of rotatable bonds is 6. The Morgan fingerprint density at radius 2 is 2.07 bits per heavy atom. The highest BCUT2D eigenvalue weighted by Gasteiger charge is 2.32. The molecule has 2 aromatic rings. The van der Waals surface area contributed by atoms with Gasteiger partial charge in [0.15, 0.2) is 5.66 Å². The first-order valence-corrected chi connectivity index (χ1v) is 10.7. The average molecular weight is 409 g/mol. The van der Waals surface area contributed by atoms with Gasteiger partial charge in [-0.25, -0.2) is 13.4 Å². The fourth-order valence-electron chi connectivity index (χ4n) is 2.58. The quantitative estimate of drug-likeness (QED) is 0.663. The standard InChI is InChI=1S/C17H21ClN6O2S/c1-27(25,26)8-7-24-12-14(10-21-24)22-16-20-11-15(18)17(19,23-16)9-13-5-3-2-4-6-13/h2-6,10-12H,7-9,19H2,1H3,(H2,20,22,23). The molecule has 27 heavy (non-hydrogen) atoms. The first kappa shape index (κ1) is 19.4. The van der Waals surface area contributed by atoms with Crippen molar-refractivity contribution in [2.24, 2.45) is 10.7 Å². The first-order chi connectivity index (χ1) is 12.7. The number of nitrogens with one attached hydrogen (secondary N) is 2. The molecule has 1 atom stereocenters. The Bertz CT molecular complexity index is 970. The highest BCUT2D eigenvalue weighted by Crippen LogP contribution is 2.26. The second-order valence-electron chi connectivity index (χ2n) is 6.43. The summed E-state index contributed by atoms with van der Waals surface area (Å²) in [6.07, 6.45) is 6.53. The van der Waals surface area contributed by atoms with Crippen LogP contribution in [0.15, 0.2) is 59.0 Å². The van der Waals surface area contributed by atoms with Gasteiger partial charge in [-0.1, -0.05) is 41.9 Å². The summed E-state index contributed by atoms with van der Waals surface area (Å²) in [5, 5.41) is 10.6. The van der Waals surface area contributed by atoms with E-state index in [0.29, 0.717) is 23.1 Å². The van der Waals surface area contributed by atoms with Crippen LogP contribution in [0.1, 0.15) is 5.56 Å². The van der Waals surface area contributed by atoms with Crippen molar-refractivity contribution in [3.8, 4) is 0 Å². The number of aliphatic imine (C=N–C) groups is 1. The van der Waals surface area contributed by atoms with Crippen LogP contribution in [0.5, 0.6) is 0 Å². The lowest BCUT2D eigenvalue weighted by atomic mass is 10.00. The number of guanidine groups is 1. The average Bonchev–Trinajstić information content (AvgIpc) is 3.04. The predicted octanol–water partition coefficient (Wildman–Crippen LogP) is 1.28. The zero-order chi connectivity index (χ0) is 19.5. The lowest BCUT2D eigenvalue weighted by Gasteiger charge is -2.29. The molecule has 1 aromatic carbocycles. The summed E-state index contributed by atoms with van der Waals surface area (Å²) in [4.78, 5) is 4.52. The minimum atomic E-state index is -3.05. The van der Waals surface area contributed by atoms with Crippen molar-refractivity contribution in [3.05, 3.63) is 59.5 Å². The summed E-state index contributed by atoms with van der Waals surface area (Å²) in [6.45, 7) is 0.279. The Morgan fingerprint density at radius 1 is 1.33 bits per heavy atom. The first-order valence-electron chi connectivity index (χ1n) is 8.26. The maximum atomic E-state index is 11.3. The minimum Gasteiger partial charge on any atom is -0.331 e. The number of halogens is 1. The van der Waals surface area contributed by atoms with E-state index in [1.165, 1.54) is 6.26 Å². The van der Waals surface area contributed by atoms with Gasteiger partial charge in [0, 0.05) is 25.1 Å². The van der Waals surface area contributed by atoms with E-state index in [2.05, 4.69) is 20.7 Å². The third kappa shape index (κ3) is 5.31. The number of sulfone groups is 1. The van der Waals surface area contributed by atoms with Crippen molar-refractivity contribution in [2.75, 3.05) is 17.3 Å². The summed E-state index contributed by atoms with van der Waals surface area (Å²) in [7, 11) is -3.05. The molecule has 10 heteroatoms. The Hall–Kier alpha value is -2.36. The summed E-state index contributed by atoms with van der Waals surface area (Å²) in [6, 6.07) is 9.74. The summed E-state index contributed by atoms with van der Waals surface area (Å²) < 4.78 is 24.1. The third-order valence-electron chi connectivity index (χ3n) is 3.96. The Kier molecular flexibility index (Phi) is 5.54. The van der Waals surface area contributed by atoms with Gasteiger partial charge in [-0.2, -0.15) is 5.10 Å². The number of hydrogen-bond acceptors (Lipinski definition) is 7. The van der Waals surface area contributed by atoms with Gasteiger partial charge >= 0.3 is 0 Å². The van der Waals surface area contributed by atoms with Crippen LogP contribution in [0, 0.1) is 0 Å². The lowest BCUT2D eigenvalue weighted by Crippen LogP contribution is -2.47. The van der Waals surface area contributed by atoms with Crippen molar-refractivity contribution < 1.29 is 8.42 Å². The monoisotopic (exact) mass is 408 g/mol. The van der Waals surface area contributed by atoms with Gasteiger partial charge in [0.1, 0.15) is 9.84 Å². The van der Waals surface area contributed by atoms with E-state index in [9.17, 15) is 8.42 Å². The van der Waals surface area contributed by atoms with Crippen LogP contribution in [0.4, 0.5) is 5.69 Å². The van der Waals surface area contributed by atoms with Crippen LogP contribution >= 0.6 is 11.6 Å². The van der Waals surface area contributed by atoms with E-state index in [0.717, 1.165) is 5.56 Å². The van der Waals surface area contributed by atoms with Crippen LogP contribution in [0.25, 0.3) is 0 Å². The highest BCUT2D eigenvalue weighted by atomic mass is 35.5. The molecule has 0 amide bonds. The van der Waals surface area contributed by atoms with Gasteiger partial charge in [0.2, 0.25) is 5.96 Å². The molecule has 0 fully saturated rings. The number of nitrogens with two attached hydrogens (primary N) is 1. The lowest BCUT2D eigenvalue weighted by molar-refractivity contribution is 0.531. The number of nitrogens with zero attached hydrogens (tertiary/aromatic N) is 3. The molecule has 3 rings (SSSR count). The zero-order valence-electron chi connectivity index (χ0n) is 14.8. The van der Waals surface area contributed by atoms with E-state index in [1.54, 1.807) is 23.3 Å². The van der Waals surface area contributed by atoms with Crippen molar-refractivity contribution >= 4 is 33.1 Å². The maximum Gasteiger partial charge on any atom is 0.202 e. The van der Waals surface area contributed by atoms with Gasteiger partial charge in [-0.3, -0.25) is 4.68 Å². The van der Waals surface area contributed by atoms with Crippen LogP contribution in [0.2, 0.25) is 0 Å². The third-order valence-corrected chi connectivity index (χ3v) is 5.32. The van der Waals surface area contributed by atoms with Crippen LogP contribution in [-0.4, -0.2) is 41.8 Å². The Labute approximate surface area is 163 Å². The normalized spacial score (nSPS) is 19.8. The number of anilines is 1. The second kappa shape index (κ2) is 7.71. The highest BCUT2D eigenvalue weighted by molar-refractivity contribution is 7.90. The summed E-state index contributed by atoms with van der Waals surface area (Å²) >= 11 is 6.30. The van der Waals surface area contributed by atoms with Crippen molar-refractivity contribution in [2.45, 2.75) is 18.6 Å². The van der Waals surface area contributed by atoms with Gasteiger partial charge < -0.3 is 16.4 Å². The molecule has 0 bridgehead atoms. The maximum absolute atomic E-state index is 11.3. The minimum absolute atomic E-state index is 0.0225. The SMILES string of the molecule is CS(=O)(=O)CCn1cc(NC2=NC(N)(Cc3ccccc3)C(Cl)=CN2)cn1. The molecule has 0 saturated carbocycles. The van der Waals surface area contributed by atoms with Crippen molar-refractivity contribution in [3.63, 3.8) is 0 Å². The molecule has 1 aliphatic rings. The molecule has 1 unspecified atom stereocenters. The topological polar surface area (TPSA) is 114 Å². The fourth-order valence-corrected chi connectivity index (χ4v) is 3.27. The van der Waals surface area contributed by atoms with Crippen LogP contribution < -0.4 is 16.4 Å². The van der Waals surface area contributed by atoms with E-state index >= 15 is 0 Å². The predicted molar refractivity (Wildman–Crippen MR) is 107 cm³/mol. The molecular formula is C17H21ClN6O2S. The van der Waals surface area contributed by atoms with E-state index in [4.69, 9.17) is 17.3 Å². The van der Waals surface area contributed by atoms with E-state index in [-0.39, 0.29) is 12.3 Å². The molecule has 144 valence electrons.